The van der Waals surface area contributed by atoms with Gasteiger partial charge in [-0.1, -0.05) is 17.7 Å². The molecule has 0 aliphatic rings. The highest BCUT2D eigenvalue weighted by Gasteiger charge is 2.02. The minimum Gasteiger partial charge on any atom is -0.465 e. The van der Waals surface area contributed by atoms with Gasteiger partial charge in [-0.15, -0.1) is 0 Å². The zero-order valence-corrected chi connectivity index (χ0v) is 10.3. The fourth-order valence-corrected chi connectivity index (χ4v) is 1.60. The standard InChI is InChI=1S/C12H16ClNO2/c1-3-16-12(15)8-14-7-10-4-5-11(13)6-9(10)2/h4-6,14H,3,7-8H2,1-2H3. The molecule has 0 atom stereocenters. The van der Waals surface area contributed by atoms with Crippen molar-refractivity contribution in [2.24, 2.45) is 0 Å². The van der Waals surface area contributed by atoms with Crippen LogP contribution in [0.5, 0.6) is 0 Å². The zero-order valence-electron chi connectivity index (χ0n) is 9.55. The molecule has 1 aromatic carbocycles. The molecule has 3 nitrogen and oxygen atoms in total. The fourth-order valence-electron chi connectivity index (χ4n) is 1.37. The second-order valence-corrected chi connectivity index (χ2v) is 3.92. The van der Waals surface area contributed by atoms with Gasteiger partial charge in [-0.25, -0.2) is 0 Å². The van der Waals surface area contributed by atoms with E-state index in [4.69, 9.17) is 16.3 Å². The molecule has 0 aromatic heterocycles. The molecular weight excluding hydrogens is 226 g/mol. The van der Waals surface area contributed by atoms with Crippen molar-refractivity contribution in [3.63, 3.8) is 0 Å². The quantitative estimate of drug-likeness (QED) is 0.804. The van der Waals surface area contributed by atoms with Crippen LogP contribution in [0.25, 0.3) is 0 Å². The van der Waals surface area contributed by atoms with Crippen LogP contribution in [-0.4, -0.2) is 19.1 Å². The maximum Gasteiger partial charge on any atom is 0.319 e. The van der Waals surface area contributed by atoms with Crippen LogP contribution in [0, 0.1) is 6.92 Å². The molecule has 1 N–H and O–H groups in total. The SMILES string of the molecule is CCOC(=O)CNCc1ccc(Cl)cc1C. The number of esters is 1. The Hall–Kier alpha value is -1.06. The summed E-state index contributed by atoms with van der Waals surface area (Å²) in [6.45, 7) is 5.08. The van der Waals surface area contributed by atoms with Crippen LogP contribution in [0.3, 0.4) is 0 Å². The normalized spacial score (nSPS) is 10.2. The van der Waals surface area contributed by atoms with Crippen molar-refractivity contribution in [3.8, 4) is 0 Å². The predicted octanol–water partition coefficient (Wildman–Crippen LogP) is 2.30. The lowest BCUT2D eigenvalue weighted by Gasteiger charge is -2.07. The van der Waals surface area contributed by atoms with Gasteiger partial charge in [0.15, 0.2) is 0 Å². The summed E-state index contributed by atoms with van der Waals surface area (Å²) in [6, 6.07) is 5.70. The molecule has 0 bridgehead atoms. The number of benzene rings is 1. The molecule has 0 aliphatic heterocycles. The Balaban J connectivity index is 2.40. The number of carbonyl (C=O) groups is 1. The summed E-state index contributed by atoms with van der Waals surface area (Å²) < 4.78 is 4.81. The lowest BCUT2D eigenvalue weighted by molar-refractivity contribution is -0.142. The van der Waals surface area contributed by atoms with Crippen molar-refractivity contribution in [3.05, 3.63) is 34.3 Å². The first kappa shape index (κ1) is 13.0. The summed E-state index contributed by atoms with van der Waals surface area (Å²) >= 11 is 5.85. The zero-order chi connectivity index (χ0) is 12.0. The molecule has 0 unspecified atom stereocenters. The van der Waals surface area contributed by atoms with Crippen molar-refractivity contribution >= 4 is 17.6 Å². The van der Waals surface area contributed by atoms with Crippen LogP contribution in [0.1, 0.15) is 18.1 Å². The van der Waals surface area contributed by atoms with Crippen molar-refractivity contribution in [2.45, 2.75) is 20.4 Å². The van der Waals surface area contributed by atoms with Gasteiger partial charge in [-0.2, -0.15) is 0 Å². The van der Waals surface area contributed by atoms with E-state index in [0.29, 0.717) is 13.2 Å². The summed E-state index contributed by atoms with van der Waals surface area (Å²) in [5.41, 5.74) is 2.25. The van der Waals surface area contributed by atoms with Gasteiger partial charge in [-0.3, -0.25) is 4.79 Å². The van der Waals surface area contributed by atoms with Crippen molar-refractivity contribution < 1.29 is 9.53 Å². The molecule has 0 heterocycles. The van der Waals surface area contributed by atoms with Crippen LogP contribution >= 0.6 is 11.6 Å². The smallest absolute Gasteiger partial charge is 0.319 e. The minimum absolute atomic E-state index is 0.228. The average Bonchev–Trinajstić information content (AvgIpc) is 2.22. The van der Waals surface area contributed by atoms with Crippen molar-refractivity contribution in [1.82, 2.24) is 5.32 Å². The third-order valence-electron chi connectivity index (χ3n) is 2.19. The number of ether oxygens (including phenoxy) is 1. The molecule has 0 spiro atoms. The van der Waals surface area contributed by atoms with E-state index in [2.05, 4.69) is 5.32 Å². The van der Waals surface area contributed by atoms with Crippen molar-refractivity contribution in [2.75, 3.05) is 13.2 Å². The minimum atomic E-state index is -0.228. The van der Waals surface area contributed by atoms with E-state index >= 15 is 0 Å². The molecular formula is C12H16ClNO2. The van der Waals surface area contributed by atoms with Crippen LogP contribution in [0.15, 0.2) is 18.2 Å². The van der Waals surface area contributed by atoms with E-state index in [0.717, 1.165) is 16.1 Å². The number of nitrogens with one attached hydrogen (secondary N) is 1. The van der Waals surface area contributed by atoms with Gasteiger partial charge in [0.25, 0.3) is 0 Å². The molecule has 0 fully saturated rings. The summed E-state index contributed by atoms with van der Waals surface area (Å²) in [7, 11) is 0. The van der Waals surface area contributed by atoms with Gasteiger partial charge in [0.05, 0.1) is 13.2 Å². The Morgan fingerprint density at radius 3 is 2.88 bits per heavy atom. The second kappa shape index (κ2) is 6.51. The molecule has 1 rings (SSSR count). The van der Waals surface area contributed by atoms with Crippen LogP contribution in [0.4, 0.5) is 0 Å². The molecule has 88 valence electrons. The Morgan fingerprint density at radius 2 is 2.25 bits per heavy atom. The van der Waals surface area contributed by atoms with Gasteiger partial charge in [0, 0.05) is 11.6 Å². The van der Waals surface area contributed by atoms with E-state index in [1.54, 1.807) is 6.92 Å². The predicted molar refractivity (Wildman–Crippen MR) is 64.5 cm³/mol. The molecule has 1 aromatic rings. The number of carbonyl (C=O) groups excluding carboxylic acids is 1. The van der Waals surface area contributed by atoms with E-state index in [9.17, 15) is 4.79 Å². The molecule has 16 heavy (non-hydrogen) atoms. The highest BCUT2D eigenvalue weighted by atomic mass is 35.5. The van der Waals surface area contributed by atoms with Gasteiger partial charge in [0.2, 0.25) is 0 Å². The third kappa shape index (κ3) is 4.21. The molecule has 0 saturated carbocycles. The monoisotopic (exact) mass is 241 g/mol. The Kier molecular flexibility index (Phi) is 5.29. The number of rotatable bonds is 5. The highest BCUT2D eigenvalue weighted by Crippen LogP contribution is 2.14. The Bertz CT molecular complexity index is 366. The summed E-state index contributed by atoms with van der Waals surface area (Å²) in [6.07, 6.45) is 0. The average molecular weight is 242 g/mol. The molecule has 0 amide bonds. The number of halogens is 1. The topological polar surface area (TPSA) is 38.3 Å². The first-order valence-corrected chi connectivity index (χ1v) is 5.62. The molecule has 0 aliphatic carbocycles. The largest absolute Gasteiger partial charge is 0.465 e. The second-order valence-electron chi connectivity index (χ2n) is 3.48. The Labute approximate surface area is 101 Å². The Morgan fingerprint density at radius 1 is 1.50 bits per heavy atom. The van der Waals surface area contributed by atoms with E-state index in [1.165, 1.54) is 0 Å². The summed E-state index contributed by atoms with van der Waals surface area (Å²) in [5.74, 6) is -0.228. The first-order valence-electron chi connectivity index (χ1n) is 5.25. The van der Waals surface area contributed by atoms with Crippen LogP contribution in [-0.2, 0) is 16.1 Å². The molecule has 0 radical (unpaired) electrons. The number of aryl methyl sites for hydroxylation is 1. The first-order chi connectivity index (χ1) is 7.63. The van der Waals surface area contributed by atoms with E-state index in [-0.39, 0.29) is 12.5 Å². The maximum atomic E-state index is 11.1. The third-order valence-corrected chi connectivity index (χ3v) is 2.43. The van der Waals surface area contributed by atoms with Crippen molar-refractivity contribution in [1.29, 1.82) is 0 Å². The molecule has 0 saturated heterocycles. The lowest BCUT2D eigenvalue weighted by atomic mass is 10.1. The maximum absolute atomic E-state index is 11.1. The number of hydrogen-bond donors (Lipinski definition) is 1. The lowest BCUT2D eigenvalue weighted by Crippen LogP contribution is -2.24. The summed E-state index contributed by atoms with van der Waals surface area (Å²) in [5, 5.41) is 3.76. The van der Waals surface area contributed by atoms with Gasteiger partial charge >= 0.3 is 5.97 Å². The highest BCUT2D eigenvalue weighted by molar-refractivity contribution is 6.30. The van der Waals surface area contributed by atoms with Gasteiger partial charge in [0.1, 0.15) is 0 Å². The van der Waals surface area contributed by atoms with Crippen LogP contribution in [0.2, 0.25) is 5.02 Å². The van der Waals surface area contributed by atoms with Gasteiger partial charge < -0.3 is 10.1 Å². The number of hydrogen-bond acceptors (Lipinski definition) is 3. The van der Waals surface area contributed by atoms with Gasteiger partial charge in [-0.05, 0) is 37.1 Å². The summed E-state index contributed by atoms with van der Waals surface area (Å²) in [4.78, 5) is 11.1. The molecule has 4 heteroatoms. The fraction of sp³-hybridized carbons (Fsp3) is 0.417. The van der Waals surface area contributed by atoms with Crippen LogP contribution < -0.4 is 5.32 Å². The van der Waals surface area contributed by atoms with E-state index in [1.807, 2.05) is 25.1 Å². The van der Waals surface area contributed by atoms with E-state index < -0.39 is 0 Å².